The molecule has 0 saturated carbocycles. The number of hydrogen-bond donors (Lipinski definition) is 1. The van der Waals surface area contributed by atoms with Crippen LogP contribution in [0.4, 0.5) is 5.69 Å². The van der Waals surface area contributed by atoms with E-state index in [4.69, 9.17) is 5.73 Å². The Kier molecular flexibility index (Phi) is 3.43. The monoisotopic (exact) mass is 193 g/mol. The molecule has 1 rings (SSSR count). The summed E-state index contributed by atoms with van der Waals surface area (Å²) in [7, 11) is 0. The van der Waals surface area contributed by atoms with Crippen LogP contribution in [0, 0.1) is 0 Å². The number of nitrogens with two attached hydrogens (primary N) is 1. The number of benzene rings is 1. The number of anilines is 1. The van der Waals surface area contributed by atoms with E-state index in [1.54, 1.807) is 11.8 Å². The Balaban J connectivity index is 3.05. The summed E-state index contributed by atoms with van der Waals surface area (Å²) in [5.74, 6) is 0. The van der Waals surface area contributed by atoms with E-state index in [2.05, 4.69) is 38.3 Å². The Morgan fingerprint density at radius 1 is 1.38 bits per heavy atom. The molecule has 70 valence electrons. The van der Waals surface area contributed by atoms with Gasteiger partial charge < -0.3 is 5.73 Å². The van der Waals surface area contributed by atoms with Crippen LogP contribution in [0.25, 0.3) is 6.08 Å². The lowest BCUT2D eigenvalue weighted by Gasteiger charge is -2.03. The van der Waals surface area contributed by atoms with Crippen molar-refractivity contribution in [3.05, 3.63) is 29.3 Å². The van der Waals surface area contributed by atoms with Gasteiger partial charge in [0.2, 0.25) is 0 Å². The Hall–Kier alpha value is -0.890. The molecule has 0 radical (unpaired) electrons. The first-order chi connectivity index (χ1) is 6.13. The second-order valence-corrected chi connectivity index (χ2v) is 4.10. The van der Waals surface area contributed by atoms with E-state index in [1.165, 1.54) is 10.5 Å². The molecule has 1 aromatic carbocycles. The van der Waals surface area contributed by atoms with Crippen molar-refractivity contribution in [1.82, 2.24) is 0 Å². The highest BCUT2D eigenvalue weighted by Crippen LogP contribution is 2.22. The second kappa shape index (κ2) is 4.38. The molecule has 2 N–H and O–H groups in total. The molecule has 0 unspecified atom stereocenters. The smallest absolute Gasteiger partial charge is 0.0398 e. The minimum absolute atomic E-state index is 0.855. The van der Waals surface area contributed by atoms with Crippen LogP contribution in [0.2, 0.25) is 0 Å². The van der Waals surface area contributed by atoms with Crippen LogP contribution in [-0.4, -0.2) is 6.26 Å². The fourth-order valence-electron chi connectivity index (χ4n) is 1.12. The van der Waals surface area contributed by atoms with E-state index in [-0.39, 0.29) is 0 Å². The maximum Gasteiger partial charge on any atom is 0.0398 e. The van der Waals surface area contributed by atoms with Gasteiger partial charge in [-0.15, -0.1) is 11.8 Å². The van der Waals surface area contributed by atoms with E-state index in [9.17, 15) is 0 Å². The summed E-state index contributed by atoms with van der Waals surface area (Å²) in [6.45, 7) is 4.14. The molecule has 0 aliphatic carbocycles. The molecular weight excluding hydrogens is 178 g/mol. The summed E-state index contributed by atoms with van der Waals surface area (Å²) in [5.41, 5.74) is 9.12. The maximum atomic E-state index is 5.89. The average Bonchev–Trinajstić information content (AvgIpc) is 2.08. The maximum absolute atomic E-state index is 5.89. The van der Waals surface area contributed by atoms with Crippen LogP contribution in [-0.2, 0) is 0 Å². The Bertz CT molecular complexity index is 325. The van der Waals surface area contributed by atoms with E-state index in [0.29, 0.717) is 0 Å². The van der Waals surface area contributed by atoms with Gasteiger partial charge in [0, 0.05) is 10.6 Å². The first-order valence-electron chi connectivity index (χ1n) is 4.22. The number of rotatable bonds is 2. The van der Waals surface area contributed by atoms with Crippen LogP contribution >= 0.6 is 11.8 Å². The molecule has 2 heteroatoms. The molecule has 13 heavy (non-hydrogen) atoms. The highest BCUT2D eigenvalue weighted by Gasteiger charge is 1.96. The predicted molar refractivity (Wildman–Crippen MR) is 62.0 cm³/mol. The minimum atomic E-state index is 0.855. The van der Waals surface area contributed by atoms with Gasteiger partial charge in [-0.25, -0.2) is 0 Å². The quantitative estimate of drug-likeness (QED) is 0.575. The van der Waals surface area contributed by atoms with Crippen LogP contribution in [0.15, 0.2) is 28.7 Å². The first kappa shape index (κ1) is 10.2. The number of allylic oxidation sites excluding steroid dienone is 1. The summed E-state index contributed by atoms with van der Waals surface area (Å²) < 4.78 is 0. The Morgan fingerprint density at radius 3 is 2.54 bits per heavy atom. The number of thioether (sulfide) groups is 1. The van der Waals surface area contributed by atoms with Crippen molar-refractivity contribution in [3.63, 3.8) is 0 Å². The third-order valence-corrected chi connectivity index (χ3v) is 2.46. The molecule has 1 aromatic rings. The average molecular weight is 193 g/mol. The van der Waals surface area contributed by atoms with E-state index in [1.807, 2.05) is 6.07 Å². The summed E-state index contributed by atoms with van der Waals surface area (Å²) in [6, 6.07) is 6.17. The van der Waals surface area contributed by atoms with Crippen LogP contribution in [0.5, 0.6) is 0 Å². The van der Waals surface area contributed by atoms with Gasteiger partial charge in [0.25, 0.3) is 0 Å². The standard InChI is InChI=1S/C11H15NS/c1-8(2)6-9-4-5-10(13-3)7-11(9)12/h4-7H,12H2,1-3H3. The van der Waals surface area contributed by atoms with Crippen molar-refractivity contribution in [2.45, 2.75) is 18.7 Å². The van der Waals surface area contributed by atoms with Gasteiger partial charge in [-0.2, -0.15) is 0 Å². The lowest BCUT2D eigenvalue weighted by Crippen LogP contribution is -1.89. The van der Waals surface area contributed by atoms with Gasteiger partial charge in [-0.1, -0.05) is 17.7 Å². The normalized spacial score (nSPS) is 9.77. The summed E-state index contributed by atoms with van der Waals surface area (Å²) in [6.07, 6.45) is 4.15. The van der Waals surface area contributed by atoms with Crippen molar-refractivity contribution in [2.24, 2.45) is 0 Å². The van der Waals surface area contributed by atoms with E-state index in [0.717, 1.165) is 11.3 Å². The van der Waals surface area contributed by atoms with E-state index >= 15 is 0 Å². The molecule has 0 heterocycles. The van der Waals surface area contributed by atoms with Crippen molar-refractivity contribution in [1.29, 1.82) is 0 Å². The molecule has 0 saturated heterocycles. The molecule has 0 spiro atoms. The fraction of sp³-hybridized carbons (Fsp3) is 0.273. The topological polar surface area (TPSA) is 26.0 Å². The van der Waals surface area contributed by atoms with Crippen LogP contribution in [0.3, 0.4) is 0 Å². The van der Waals surface area contributed by atoms with Crippen molar-refractivity contribution in [2.75, 3.05) is 12.0 Å². The largest absolute Gasteiger partial charge is 0.398 e. The molecule has 0 aromatic heterocycles. The predicted octanol–water partition coefficient (Wildman–Crippen LogP) is 3.41. The lowest BCUT2D eigenvalue weighted by molar-refractivity contribution is 1.40. The van der Waals surface area contributed by atoms with Gasteiger partial charge in [-0.3, -0.25) is 0 Å². The second-order valence-electron chi connectivity index (χ2n) is 3.22. The summed E-state index contributed by atoms with van der Waals surface area (Å²) in [4.78, 5) is 1.21. The summed E-state index contributed by atoms with van der Waals surface area (Å²) in [5, 5.41) is 0. The zero-order valence-electron chi connectivity index (χ0n) is 8.29. The molecule has 0 bridgehead atoms. The summed E-state index contributed by atoms with van der Waals surface area (Å²) >= 11 is 1.71. The third-order valence-electron chi connectivity index (χ3n) is 1.74. The number of nitrogen functional groups attached to an aromatic ring is 1. The van der Waals surface area contributed by atoms with Crippen LogP contribution < -0.4 is 5.73 Å². The molecule has 0 atom stereocenters. The lowest BCUT2D eigenvalue weighted by atomic mass is 10.1. The molecular formula is C11H15NS. The fourth-order valence-corrected chi connectivity index (χ4v) is 1.57. The Labute approximate surface area is 84.0 Å². The zero-order valence-corrected chi connectivity index (χ0v) is 9.11. The molecule has 0 aliphatic rings. The number of hydrogen-bond acceptors (Lipinski definition) is 2. The SMILES string of the molecule is CSc1ccc(C=C(C)C)c(N)c1. The molecule has 0 fully saturated rings. The van der Waals surface area contributed by atoms with Gasteiger partial charge in [0.15, 0.2) is 0 Å². The highest BCUT2D eigenvalue weighted by molar-refractivity contribution is 7.98. The van der Waals surface area contributed by atoms with Gasteiger partial charge >= 0.3 is 0 Å². The highest BCUT2D eigenvalue weighted by atomic mass is 32.2. The molecule has 0 amide bonds. The van der Waals surface area contributed by atoms with Gasteiger partial charge in [-0.05, 0) is 37.8 Å². The van der Waals surface area contributed by atoms with Gasteiger partial charge in [0.1, 0.15) is 0 Å². The first-order valence-corrected chi connectivity index (χ1v) is 5.44. The third kappa shape index (κ3) is 2.81. The van der Waals surface area contributed by atoms with Crippen molar-refractivity contribution >= 4 is 23.5 Å². The molecule has 1 nitrogen and oxygen atoms in total. The van der Waals surface area contributed by atoms with Crippen molar-refractivity contribution in [3.8, 4) is 0 Å². The van der Waals surface area contributed by atoms with Crippen molar-refractivity contribution < 1.29 is 0 Å². The van der Waals surface area contributed by atoms with E-state index < -0.39 is 0 Å². The zero-order chi connectivity index (χ0) is 9.84. The molecule has 0 aliphatic heterocycles. The van der Waals surface area contributed by atoms with Gasteiger partial charge in [0.05, 0.1) is 0 Å². The minimum Gasteiger partial charge on any atom is -0.398 e. The Morgan fingerprint density at radius 2 is 2.08 bits per heavy atom. The van der Waals surface area contributed by atoms with Crippen LogP contribution in [0.1, 0.15) is 19.4 Å².